The molecule has 2 aromatic rings. The van der Waals surface area contributed by atoms with E-state index in [-0.39, 0.29) is 11.9 Å². The van der Waals surface area contributed by atoms with Gasteiger partial charge in [-0.15, -0.1) is 11.3 Å². The van der Waals surface area contributed by atoms with Gasteiger partial charge in [0, 0.05) is 17.0 Å². The first-order valence-electron chi connectivity index (χ1n) is 9.02. The number of carbonyl (C=O) groups is 2. The quantitative estimate of drug-likeness (QED) is 0.806. The van der Waals surface area contributed by atoms with Crippen LogP contribution in [-0.2, 0) is 22.4 Å². The van der Waals surface area contributed by atoms with Crippen LogP contribution in [0, 0.1) is 5.92 Å². The highest BCUT2D eigenvalue weighted by Crippen LogP contribution is 2.32. The van der Waals surface area contributed by atoms with E-state index in [1.54, 1.807) is 23.9 Å². The van der Waals surface area contributed by atoms with E-state index in [1.165, 1.54) is 21.8 Å². The second-order valence-corrected chi connectivity index (χ2v) is 8.34. The summed E-state index contributed by atoms with van der Waals surface area (Å²) >= 11 is 1.49. The van der Waals surface area contributed by atoms with Crippen molar-refractivity contribution < 1.29 is 14.3 Å². The number of aryl methyl sites for hydroxylation is 1. The predicted octanol–water partition coefficient (Wildman–Crippen LogP) is 3.83. The molecule has 0 aliphatic heterocycles. The van der Waals surface area contributed by atoms with Crippen molar-refractivity contribution >= 4 is 29.0 Å². The highest BCUT2D eigenvalue weighted by atomic mass is 32.1. The highest BCUT2D eigenvalue weighted by molar-refractivity contribution is 7.14. The van der Waals surface area contributed by atoms with E-state index in [1.807, 2.05) is 19.9 Å². The van der Waals surface area contributed by atoms with Gasteiger partial charge in [0.25, 0.3) is 5.91 Å². The normalized spacial score (nSPS) is 17.7. The van der Waals surface area contributed by atoms with Crippen molar-refractivity contribution in [1.82, 2.24) is 9.78 Å². The van der Waals surface area contributed by atoms with Crippen molar-refractivity contribution in [1.29, 1.82) is 0 Å². The van der Waals surface area contributed by atoms with Crippen LogP contribution in [0.5, 0.6) is 0 Å². The van der Waals surface area contributed by atoms with Crippen molar-refractivity contribution in [3.8, 4) is 0 Å². The van der Waals surface area contributed by atoms with Crippen molar-refractivity contribution in [2.75, 3.05) is 5.32 Å². The number of aromatic nitrogens is 2. The Labute approximate surface area is 157 Å². The summed E-state index contributed by atoms with van der Waals surface area (Å²) in [7, 11) is 0. The first-order valence-corrected chi connectivity index (χ1v) is 9.83. The molecule has 0 unspecified atom stereocenters. The average molecular weight is 375 g/mol. The van der Waals surface area contributed by atoms with Gasteiger partial charge in [0.2, 0.25) is 0 Å². The molecular formula is C19H25N3O3S. The molecule has 6 nitrogen and oxygen atoms in total. The number of anilines is 1. The molecule has 1 aliphatic rings. The van der Waals surface area contributed by atoms with Gasteiger partial charge in [-0.25, -0.2) is 9.48 Å². The Kier molecular flexibility index (Phi) is 5.46. The molecule has 1 N–H and O–H groups in total. The third-order valence-electron chi connectivity index (χ3n) is 4.59. The standard InChI is InChI=1S/C19H25N3O3S/c1-11(2)22-17(7-8-20-22)21-18(23)13(4)25-19(24)16-10-14-9-12(3)5-6-15(14)26-16/h7-8,10-13H,5-6,9H2,1-4H3,(H,21,23)/t12-,13+/m0/s1. The number of rotatable bonds is 5. The summed E-state index contributed by atoms with van der Waals surface area (Å²) in [4.78, 5) is 26.6. The van der Waals surface area contributed by atoms with Crippen LogP contribution in [0.25, 0.3) is 0 Å². The third-order valence-corrected chi connectivity index (χ3v) is 5.81. The minimum atomic E-state index is -0.879. The van der Waals surface area contributed by atoms with E-state index in [4.69, 9.17) is 4.74 Å². The number of ether oxygens (including phenoxy) is 1. The van der Waals surface area contributed by atoms with Crippen molar-refractivity contribution in [3.63, 3.8) is 0 Å². The van der Waals surface area contributed by atoms with Gasteiger partial charge in [0.05, 0.1) is 6.20 Å². The van der Waals surface area contributed by atoms with Crippen LogP contribution in [0.4, 0.5) is 5.82 Å². The molecule has 140 valence electrons. The van der Waals surface area contributed by atoms with Crippen molar-refractivity contribution in [2.24, 2.45) is 5.92 Å². The van der Waals surface area contributed by atoms with E-state index >= 15 is 0 Å². The number of hydrogen-bond acceptors (Lipinski definition) is 5. The van der Waals surface area contributed by atoms with Crippen LogP contribution in [0.2, 0.25) is 0 Å². The van der Waals surface area contributed by atoms with Crippen LogP contribution in [0.15, 0.2) is 18.3 Å². The Morgan fingerprint density at radius 1 is 1.38 bits per heavy atom. The van der Waals surface area contributed by atoms with Crippen molar-refractivity contribution in [2.45, 2.75) is 59.1 Å². The molecule has 0 bridgehead atoms. The van der Waals surface area contributed by atoms with Gasteiger partial charge in [-0.2, -0.15) is 5.10 Å². The fourth-order valence-electron chi connectivity index (χ4n) is 3.13. The Hall–Kier alpha value is -2.15. The molecule has 3 rings (SSSR count). The summed E-state index contributed by atoms with van der Waals surface area (Å²) in [6.07, 6.45) is 3.93. The summed E-state index contributed by atoms with van der Waals surface area (Å²) in [6.45, 7) is 7.77. The first-order chi connectivity index (χ1) is 12.3. The molecule has 2 aromatic heterocycles. The molecule has 1 amide bonds. The number of nitrogens with one attached hydrogen (secondary N) is 1. The van der Waals surface area contributed by atoms with Gasteiger partial charge in [-0.1, -0.05) is 6.92 Å². The first kappa shape index (κ1) is 18.6. The lowest BCUT2D eigenvalue weighted by atomic mass is 9.90. The predicted molar refractivity (Wildman–Crippen MR) is 102 cm³/mol. The molecule has 0 radical (unpaired) electrons. The molecule has 0 saturated heterocycles. The third kappa shape index (κ3) is 3.98. The van der Waals surface area contributed by atoms with Crippen molar-refractivity contribution in [3.05, 3.63) is 33.6 Å². The summed E-state index contributed by atoms with van der Waals surface area (Å²) < 4.78 is 7.09. The second-order valence-electron chi connectivity index (χ2n) is 7.20. The summed E-state index contributed by atoms with van der Waals surface area (Å²) in [6, 6.07) is 3.77. The number of thiophene rings is 1. The van der Waals surface area contributed by atoms with E-state index in [9.17, 15) is 9.59 Å². The Morgan fingerprint density at radius 3 is 2.88 bits per heavy atom. The van der Waals surface area contributed by atoms with E-state index < -0.39 is 12.1 Å². The van der Waals surface area contributed by atoms with E-state index in [0.717, 1.165) is 19.3 Å². The maximum Gasteiger partial charge on any atom is 0.349 e. The van der Waals surface area contributed by atoms with Crippen LogP contribution in [0.3, 0.4) is 0 Å². The topological polar surface area (TPSA) is 73.2 Å². The molecular weight excluding hydrogens is 350 g/mol. The zero-order valence-corrected chi connectivity index (χ0v) is 16.4. The minimum absolute atomic E-state index is 0.123. The molecule has 1 aliphatic carbocycles. The van der Waals surface area contributed by atoms with Gasteiger partial charge >= 0.3 is 5.97 Å². The second kappa shape index (κ2) is 7.61. The Bertz CT molecular complexity index is 809. The van der Waals surface area contributed by atoms with Gasteiger partial charge in [-0.3, -0.25) is 4.79 Å². The van der Waals surface area contributed by atoms with Crippen LogP contribution >= 0.6 is 11.3 Å². The van der Waals surface area contributed by atoms with Crippen LogP contribution < -0.4 is 5.32 Å². The van der Waals surface area contributed by atoms with E-state index in [2.05, 4.69) is 17.3 Å². The fraction of sp³-hybridized carbons (Fsp3) is 0.526. The molecule has 2 atom stereocenters. The lowest BCUT2D eigenvalue weighted by Crippen LogP contribution is -2.30. The van der Waals surface area contributed by atoms with Crippen LogP contribution in [-0.4, -0.2) is 27.8 Å². The monoisotopic (exact) mass is 375 g/mol. The number of fused-ring (bicyclic) bond motifs is 1. The number of hydrogen-bond donors (Lipinski definition) is 1. The lowest BCUT2D eigenvalue weighted by Gasteiger charge is -2.16. The largest absolute Gasteiger partial charge is 0.448 e. The molecule has 26 heavy (non-hydrogen) atoms. The molecule has 2 heterocycles. The number of amides is 1. The van der Waals surface area contributed by atoms with E-state index in [0.29, 0.717) is 16.6 Å². The molecule has 0 saturated carbocycles. The summed E-state index contributed by atoms with van der Waals surface area (Å²) in [5.41, 5.74) is 1.25. The van der Waals surface area contributed by atoms with Gasteiger partial charge in [-0.05, 0) is 57.6 Å². The zero-order valence-electron chi connectivity index (χ0n) is 15.6. The lowest BCUT2D eigenvalue weighted by molar-refractivity contribution is -0.123. The molecule has 7 heteroatoms. The zero-order chi connectivity index (χ0) is 18.8. The fourth-order valence-corrected chi connectivity index (χ4v) is 4.22. The SMILES string of the molecule is CC(C)n1nccc1NC(=O)[C@@H](C)OC(=O)c1cc2c(s1)CC[C@H](C)C2. The number of nitrogens with zero attached hydrogens (tertiary/aromatic N) is 2. The molecule has 0 aromatic carbocycles. The molecule has 0 spiro atoms. The average Bonchev–Trinajstić information content (AvgIpc) is 3.20. The number of esters is 1. The Balaban J connectivity index is 1.62. The summed E-state index contributed by atoms with van der Waals surface area (Å²) in [5.74, 6) is 0.442. The summed E-state index contributed by atoms with van der Waals surface area (Å²) in [5, 5.41) is 6.95. The molecule has 0 fully saturated rings. The van der Waals surface area contributed by atoms with Gasteiger partial charge in [0.1, 0.15) is 10.7 Å². The van der Waals surface area contributed by atoms with Crippen LogP contribution in [0.1, 0.15) is 60.3 Å². The smallest absolute Gasteiger partial charge is 0.349 e. The minimum Gasteiger partial charge on any atom is -0.448 e. The highest BCUT2D eigenvalue weighted by Gasteiger charge is 2.24. The maximum atomic E-state index is 12.4. The van der Waals surface area contributed by atoms with Gasteiger partial charge < -0.3 is 10.1 Å². The number of carbonyl (C=O) groups excluding carboxylic acids is 2. The Morgan fingerprint density at radius 2 is 2.15 bits per heavy atom. The maximum absolute atomic E-state index is 12.4. The van der Waals surface area contributed by atoms with Gasteiger partial charge in [0.15, 0.2) is 6.10 Å².